The number of ether oxygens (including phenoxy) is 1. The predicted octanol–water partition coefficient (Wildman–Crippen LogP) is -0.352. The summed E-state index contributed by atoms with van der Waals surface area (Å²) in [4.78, 5) is 37.2. The number of aryl methyl sites for hydroxylation is 1. The summed E-state index contributed by atoms with van der Waals surface area (Å²) in [5, 5.41) is 9.19. The van der Waals surface area contributed by atoms with Gasteiger partial charge < -0.3 is 9.84 Å². The molecule has 1 aromatic heterocycles. The first-order chi connectivity index (χ1) is 9.38. The van der Waals surface area contributed by atoms with E-state index in [0.717, 1.165) is 0 Å². The van der Waals surface area contributed by atoms with Crippen LogP contribution in [-0.4, -0.2) is 33.2 Å². The minimum Gasteiger partial charge on any atom is -0.394 e. The number of aromatic amines is 1. The molecule has 0 amide bonds. The second-order valence-corrected chi connectivity index (χ2v) is 5.23. The molecule has 0 radical (unpaired) electrons. The van der Waals surface area contributed by atoms with Gasteiger partial charge in [-0.15, -0.1) is 0 Å². The molecule has 0 aliphatic carbocycles. The average Bonchev–Trinajstić information content (AvgIpc) is 2.77. The van der Waals surface area contributed by atoms with E-state index in [-0.39, 0.29) is 18.8 Å². The first-order valence-corrected chi connectivity index (χ1v) is 6.49. The van der Waals surface area contributed by atoms with Gasteiger partial charge >= 0.3 is 5.69 Å². The van der Waals surface area contributed by atoms with E-state index in [1.54, 1.807) is 6.92 Å². The van der Waals surface area contributed by atoms with Crippen molar-refractivity contribution in [3.63, 3.8) is 0 Å². The predicted molar refractivity (Wildman–Crippen MR) is 70.5 cm³/mol. The molecule has 2 atom stereocenters. The maximum absolute atomic E-state index is 12.0. The molecule has 7 heteroatoms. The van der Waals surface area contributed by atoms with E-state index in [1.807, 2.05) is 0 Å². The fourth-order valence-electron chi connectivity index (χ4n) is 2.59. The Morgan fingerprint density at radius 1 is 1.60 bits per heavy atom. The number of aliphatic hydroxyl groups excluding tert-OH is 1. The van der Waals surface area contributed by atoms with Gasteiger partial charge in [-0.1, -0.05) is 0 Å². The zero-order valence-corrected chi connectivity index (χ0v) is 11.5. The Labute approximate surface area is 115 Å². The summed E-state index contributed by atoms with van der Waals surface area (Å²) in [7, 11) is 0. The minimum absolute atomic E-state index is 0.0227. The smallest absolute Gasteiger partial charge is 0.330 e. The molecule has 0 saturated carbocycles. The van der Waals surface area contributed by atoms with Crippen molar-refractivity contribution >= 4 is 5.78 Å². The zero-order chi connectivity index (χ0) is 14.9. The molecule has 110 valence electrons. The van der Waals surface area contributed by atoms with Crippen molar-refractivity contribution in [2.75, 3.05) is 6.61 Å². The van der Waals surface area contributed by atoms with Crippen LogP contribution in [0.5, 0.6) is 0 Å². The number of aromatic nitrogens is 2. The standard InChI is InChI=1S/C13H18N2O5/c1-8-6-15(12(19)14-11(8)18)13(5-9(2)17)4-3-10(7-16)20-13/h6,10,16H,3-5,7H2,1-2H3,(H,14,18,19)/t10-,13-/m0/s1. The van der Waals surface area contributed by atoms with Crippen LogP contribution in [0.4, 0.5) is 0 Å². The van der Waals surface area contributed by atoms with Crippen LogP contribution in [0.1, 0.15) is 31.7 Å². The summed E-state index contributed by atoms with van der Waals surface area (Å²) < 4.78 is 7.01. The molecule has 0 bridgehead atoms. The Hall–Kier alpha value is -1.73. The first kappa shape index (κ1) is 14.7. The molecule has 0 unspecified atom stereocenters. The number of nitrogens with one attached hydrogen (secondary N) is 1. The van der Waals surface area contributed by atoms with Crippen molar-refractivity contribution < 1.29 is 14.6 Å². The lowest BCUT2D eigenvalue weighted by Gasteiger charge is -2.30. The first-order valence-electron chi connectivity index (χ1n) is 6.49. The van der Waals surface area contributed by atoms with Crippen LogP contribution >= 0.6 is 0 Å². The highest BCUT2D eigenvalue weighted by molar-refractivity contribution is 5.76. The molecule has 2 N–H and O–H groups in total. The molecular weight excluding hydrogens is 264 g/mol. The summed E-state index contributed by atoms with van der Waals surface area (Å²) in [6.07, 6.45) is 2.00. The van der Waals surface area contributed by atoms with E-state index in [1.165, 1.54) is 17.7 Å². The molecule has 1 saturated heterocycles. The Kier molecular flexibility index (Phi) is 3.92. The van der Waals surface area contributed by atoms with E-state index in [0.29, 0.717) is 18.4 Å². The quantitative estimate of drug-likeness (QED) is 0.786. The van der Waals surface area contributed by atoms with Gasteiger partial charge in [-0.2, -0.15) is 0 Å². The van der Waals surface area contributed by atoms with Crippen molar-refractivity contribution in [3.05, 3.63) is 32.6 Å². The van der Waals surface area contributed by atoms with Gasteiger partial charge in [-0.05, 0) is 26.7 Å². The van der Waals surface area contributed by atoms with Crippen molar-refractivity contribution in [3.8, 4) is 0 Å². The molecule has 0 aromatic carbocycles. The van der Waals surface area contributed by atoms with Gasteiger partial charge in [0, 0.05) is 11.8 Å². The molecule has 2 heterocycles. The molecule has 0 spiro atoms. The Morgan fingerprint density at radius 2 is 2.30 bits per heavy atom. The topological polar surface area (TPSA) is 101 Å². The van der Waals surface area contributed by atoms with Gasteiger partial charge in [-0.3, -0.25) is 19.1 Å². The summed E-state index contributed by atoms with van der Waals surface area (Å²) in [5.41, 5.74) is -1.82. The Bertz CT molecular complexity index is 632. The summed E-state index contributed by atoms with van der Waals surface area (Å²) in [6, 6.07) is 0. The largest absolute Gasteiger partial charge is 0.394 e. The third kappa shape index (κ3) is 2.59. The van der Waals surface area contributed by atoms with Crippen LogP contribution < -0.4 is 11.2 Å². The number of carbonyl (C=O) groups excluding carboxylic acids is 1. The lowest BCUT2D eigenvalue weighted by atomic mass is 10.0. The summed E-state index contributed by atoms with van der Waals surface area (Å²) in [6.45, 7) is 2.83. The lowest BCUT2D eigenvalue weighted by molar-refractivity contribution is -0.140. The third-order valence-corrected chi connectivity index (χ3v) is 3.53. The second-order valence-electron chi connectivity index (χ2n) is 5.23. The second kappa shape index (κ2) is 5.34. The fourth-order valence-corrected chi connectivity index (χ4v) is 2.59. The van der Waals surface area contributed by atoms with Gasteiger partial charge in [0.1, 0.15) is 5.78 Å². The van der Waals surface area contributed by atoms with Crippen molar-refractivity contribution in [1.82, 2.24) is 9.55 Å². The lowest BCUT2D eigenvalue weighted by Crippen LogP contribution is -2.46. The van der Waals surface area contributed by atoms with Crippen LogP contribution in [0.15, 0.2) is 15.8 Å². The van der Waals surface area contributed by atoms with Crippen LogP contribution in [0, 0.1) is 6.92 Å². The van der Waals surface area contributed by atoms with Crippen molar-refractivity contribution in [2.45, 2.75) is 44.9 Å². The highest BCUT2D eigenvalue weighted by Crippen LogP contribution is 2.36. The van der Waals surface area contributed by atoms with Gasteiger partial charge in [-0.25, -0.2) is 4.79 Å². The third-order valence-electron chi connectivity index (χ3n) is 3.53. The number of aliphatic hydroxyl groups is 1. The molecule has 2 rings (SSSR count). The number of rotatable bonds is 4. The highest BCUT2D eigenvalue weighted by Gasteiger charge is 2.43. The number of ketones is 1. The highest BCUT2D eigenvalue weighted by atomic mass is 16.5. The van der Waals surface area contributed by atoms with Crippen LogP contribution in [0.2, 0.25) is 0 Å². The van der Waals surface area contributed by atoms with Crippen LogP contribution in [0.3, 0.4) is 0 Å². The SMILES string of the molecule is CC(=O)C[C@]1(n2cc(C)c(=O)[nH]c2=O)CC[C@@H](CO)O1. The van der Waals surface area contributed by atoms with Gasteiger partial charge in [0.15, 0.2) is 5.72 Å². The Balaban J connectivity index is 2.53. The van der Waals surface area contributed by atoms with Crippen LogP contribution in [-0.2, 0) is 15.3 Å². The van der Waals surface area contributed by atoms with E-state index in [9.17, 15) is 19.5 Å². The minimum atomic E-state index is -1.12. The van der Waals surface area contributed by atoms with E-state index in [2.05, 4.69) is 4.98 Å². The average molecular weight is 282 g/mol. The summed E-state index contributed by atoms with van der Waals surface area (Å²) >= 11 is 0. The molecule has 7 nitrogen and oxygen atoms in total. The normalized spacial score (nSPS) is 25.9. The molecule has 1 aliphatic heterocycles. The molecule has 1 aromatic rings. The van der Waals surface area contributed by atoms with Crippen molar-refractivity contribution in [1.29, 1.82) is 0 Å². The molecule has 1 fully saturated rings. The number of Topliss-reactive ketones (excluding diaryl/α,β-unsaturated/α-hetero) is 1. The molecular formula is C13H18N2O5. The fraction of sp³-hybridized carbons (Fsp3) is 0.615. The maximum atomic E-state index is 12.0. The van der Waals surface area contributed by atoms with E-state index in [4.69, 9.17) is 4.74 Å². The molecule has 1 aliphatic rings. The number of nitrogens with zero attached hydrogens (tertiary/aromatic N) is 1. The number of hydrogen-bond donors (Lipinski definition) is 2. The van der Waals surface area contributed by atoms with Gasteiger partial charge in [0.2, 0.25) is 0 Å². The van der Waals surface area contributed by atoms with Crippen LogP contribution in [0.25, 0.3) is 0 Å². The zero-order valence-electron chi connectivity index (χ0n) is 11.5. The molecule has 20 heavy (non-hydrogen) atoms. The number of carbonyl (C=O) groups is 1. The number of hydrogen-bond acceptors (Lipinski definition) is 5. The van der Waals surface area contributed by atoms with Gasteiger partial charge in [0.25, 0.3) is 5.56 Å². The number of H-pyrrole nitrogens is 1. The Morgan fingerprint density at radius 3 is 2.85 bits per heavy atom. The van der Waals surface area contributed by atoms with Crippen molar-refractivity contribution in [2.24, 2.45) is 0 Å². The maximum Gasteiger partial charge on any atom is 0.330 e. The summed E-state index contributed by atoms with van der Waals surface area (Å²) in [5.74, 6) is -0.126. The van der Waals surface area contributed by atoms with Gasteiger partial charge in [0.05, 0.1) is 19.1 Å². The van der Waals surface area contributed by atoms with E-state index < -0.39 is 23.1 Å². The van der Waals surface area contributed by atoms with E-state index >= 15 is 0 Å². The monoisotopic (exact) mass is 282 g/mol.